The number of carboxylic acid groups (broad SMARTS) is 1. The number of benzene rings is 2. The number of aromatic nitrogens is 2. The Labute approximate surface area is 265 Å². The van der Waals surface area contributed by atoms with Crippen LogP contribution in [-0.4, -0.2) is 93.0 Å². The van der Waals surface area contributed by atoms with Gasteiger partial charge in [0.2, 0.25) is 12.4 Å². The minimum absolute atomic E-state index is 0.0543. The number of H-pyrrole nitrogens is 1. The summed E-state index contributed by atoms with van der Waals surface area (Å²) in [6.45, 7) is -0.789. The minimum atomic E-state index is -1.63. The van der Waals surface area contributed by atoms with Crippen molar-refractivity contribution in [1.82, 2.24) is 15.0 Å². The zero-order chi connectivity index (χ0) is 33.2. The van der Waals surface area contributed by atoms with Crippen molar-refractivity contribution in [2.75, 3.05) is 20.2 Å². The molecule has 0 radical (unpaired) electrons. The highest BCUT2D eigenvalue weighted by Gasteiger charge is 2.49. The van der Waals surface area contributed by atoms with Gasteiger partial charge in [-0.1, -0.05) is 12.1 Å². The summed E-state index contributed by atoms with van der Waals surface area (Å²) in [6, 6.07) is 12.3. The molecule has 47 heavy (non-hydrogen) atoms. The molecule has 5 aromatic rings. The van der Waals surface area contributed by atoms with E-state index in [-0.39, 0.29) is 40.0 Å². The number of hydrogen-bond donors (Lipinski definition) is 6. The number of aliphatic hydroxyl groups excluding tert-OH is 2. The molecular weight excluding hydrogens is 618 g/mol. The van der Waals surface area contributed by atoms with Crippen LogP contribution in [0, 0.1) is 5.92 Å². The van der Waals surface area contributed by atoms with E-state index in [1.165, 1.54) is 48.4 Å². The molecule has 0 spiro atoms. The lowest BCUT2D eigenvalue weighted by Gasteiger charge is -2.41. The van der Waals surface area contributed by atoms with Crippen LogP contribution in [0.3, 0.4) is 0 Å². The Morgan fingerprint density at radius 1 is 1.09 bits per heavy atom. The summed E-state index contributed by atoms with van der Waals surface area (Å²) < 4.78 is 24.3. The number of carbonyl (C=O) groups excluding carboxylic acids is 1. The Morgan fingerprint density at radius 3 is 2.60 bits per heavy atom. The smallest absolute Gasteiger partial charge is 0.321 e. The molecule has 6 atom stereocenters. The van der Waals surface area contributed by atoms with Crippen LogP contribution in [0.4, 0.5) is 0 Å². The lowest BCUT2D eigenvalue weighted by atomic mass is 9.99. The molecule has 0 aliphatic carbocycles. The van der Waals surface area contributed by atoms with Gasteiger partial charge in [0.15, 0.2) is 11.3 Å². The van der Waals surface area contributed by atoms with Crippen LogP contribution < -0.4 is 20.3 Å². The van der Waals surface area contributed by atoms with Crippen molar-refractivity contribution in [1.29, 1.82) is 0 Å². The number of ether oxygens (including phenoxy) is 3. The van der Waals surface area contributed by atoms with Crippen LogP contribution in [-0.2, 0) is 19.1 Å². The molecule has 6 N–H and O–H groups in total. The van der Waals surface area contributed by atoms with Gasteiger partial charge in [0, 0.05) is 24.2 Å². The van der Waals surface area contributed by atoms with Crippen LogP contribution >= 0.6 is 0 Å². The van der Waals surface area contributed by atoms with Gasteiger partial charge in [-0.15, -0.1) is 0 Å². The second-order valence-electron chi connectivity index (χ2n) is 10.9. The van der Waals surface area contributed by atoms with Crippen molar-refractivity contribution in [3.63, 3.8) is 0 Å². The fourth-order valence-corrected chi connectivity index (χ4v) is 5.27. The highest BCUT2D eigenvalue weighted by atomic mass is 16.7. The van der Waals surface area contributed by atoms with Crippen LogP contribution in [0.15, 0.2) is 82.6 Å². The summed E-state index contributed by atoms with van der Waals surface area (Å²) in [7, 11) is 1.48. The number of phenols is 1. The van der Waals surface area contributed by atoms with E-state index in [1.54, 1.807) is 30.7 Å². The summed E-state index contributed by atoms with van der Waals surface area (Å²) in [5, 5.41) is 44.7. The van der Waals surface area contributed by atoms with Gasteiger partial charge in [0.1, 0.15) is 48.3 Å². The number of phenolic OH excluding ortho intramolecular Hbond substituents is 1. The van der Waals surface area contributed by atoms with Crippen LogP contribution in [0.25, 0.3) is 33.0 Å². The predicted octanol–water partition coefficient (Wildman–Crippen LogP) is 1.23. The van der Waals surface area contributed by atoms with Gasteiger partial charge in [-0.25, -0.2) is 0 Å². The summed E-state index contributed by atoms with van der Waals surface area (Å²) in [4.78, 5) is 46.2. The molecule has 0 unspecified atom stereocenters. The zero-order valence-corrected chi connectivity index (χ0v) is 24.8. The number of aromatic amines is 1. The largest absolute Gasteiger partial charge is 0.508 e. The molecule has 2 aromatic carbocycles. The Hall–Kier alpha value is -5.35. The average Bonchev–Trinajstić information content (AvgIpc) is 3.65. The zero-order valence-electron chi connectivity index (χ0n) is 24.8. The van der Waals surface area contributed by atoms with E-state index < -0.39 is 55.2 Å². The third-order valence-electron chi connectivity index (χ3n) is 7.78. The van der Waals surface area contributed by atoms with Crippen LogP contribution in [0.5, 0.6) is 11.5 Å². The van der Waals surface area contributed by atoms with Crippen LogP contribution in [0.1, 0.15) is 0 Å². The number of fused-ring (bicyclic) bond motifs is 2. The first-order chi connectivity index (χ1) is 22.6. The Morgan fingerprint density at radius 2 is 1.87 bits per heavy atom. The Balaban J connectivity index is 1.26. The maximum absolute atomic E-state index is 13.2. The maximum atomic E-state index is 13.2. The first-order valence-corrected chi connectivity index (χ1v) is 14.5. The number of esters is 1. The molecule has 4 heterocycles. The molecule has 1 fully saturated rings. The number of rotatable bonds is 11. The second-order valence-corrected chi connectivity index (χ2v) is 10.9. The number of carboxylic acids is 1. The topological polar surface area (TPSA) is 215 Å². The second kappa shape index (κ2) is 13.2. The van der Waals surface area contributed by atoms with Gasteiger partial charge in [0.05, 0.1) is 28.9 Å². The van der Waals surface area contributed by atoms with Crippen molar-refractivity contribution < 1.29 is 53.5 Å². The SMILES string of the molecule is CNC[C@@H](C(=O)O)C(=O)OC[C@@H]1O[C@H](Oc2ccc3c(=O)c(-c4ccc(O)cc4)coc3c2)[C@@H](On2cc3cc[nH]c3c2)[C@H](O)[C@H]1O. The number of hydrogen-bond acceptors (Lipinski definition) is 12. The van der Waals surface area contributed by atoms with E-state index in [0.29, 0.717) is 5.56 Å². The number of nitrogens with one attached hydrogen (secondary N) is 2. The molecule has 1 aliphatic heterocycles. The fourth-order valence-electron chi connectivity index (χ4n) is 5.27. The van der Waals surface area contributed by atoms with E-state index in [1.807, 2.05) is 6.07 Å². The van der Waals surface area contributed by atoms with Gasteiger partial charge in [-0.2, -0.15) is 4.73 Å². The van der Waals surface area contributed by atoms with Gasteiger partial charge < -0.3 is 54.2 Å². The van der Waals surface area contributed by atoms with E-state index in [4.69, 9.17) is 23.5 Å². The van der Waals surface area contributed by atoms with Gasteiger partial charge in [-0.3, -0.25) is 14.4 Å². The standard InChI is InChI=1S/C32H31N3O12/c1-33-11-21(30(40)41)31(42)44-15-25-27(38)28(39)29(47-35-12-17-8-9-34-23(17)13-35)32(46-25)45-19-6-7-20-24(10-19)43-14-22(26(20)37)16-2-4-18(36)5-3-16/h2-10,12-14,21,25,27-29,32-34,36,38-39H,11,15H2,1H3,(H,40,41)/t21-,25-,27-,28+,29-,32-/m0/s1. The lowest BCUT2D eigenvalue weighted by Crippen LogP contribution is -2.63. The summed E-state index contributed by atoms with van der Waals surface area (Å²) >= 11 is 0. The number of aliphatic hydroxyl groups is 2. The molecule has 15 heteroatoms. The van der Waals surface area contributed by atoms with Gasteiger partial charge >= 0.3 is 11.9 Å². The van der Waals surface area contributed by atoms with E-state index in [9.17, 15) is 34.8 Å². The van der Waals surface area contributed by atoms with Crippen molar-refractivity contribution in [3.05, 3.63) is 83.6 Å². The molecule has 0 bridgehead atoms. The molecule has 3 aromatic heterocycles. The first kappa shape index (κ1) is 31.6. The number of nitrogens with zero attached hydrogens (tertiary/aromatic N) is 1. The Bertz CT molecular complexity index is 1920. The highest BCUT2D eigenvalue weighted by Crippen LogP contribution is 2.29. The van der Waals surface area contributed by atoms with Gasteiger partial charge in [-0.05, 0) is 42.9 Å². The van der Waals surface area contributed by atoms with Crippen molar-refractivity contribution in [2.24, 2.45) is 5.92 Å². The monoisotopic (exact) mass is 649 g/mol. The fraction of sp³-hybridized carbons (Fsp3) is 0.281. The Kier molecular flexibility index (Phi) is 8.86. The molecular formula is C32H31N3O12. The number of carbonyl (C=O) groups is 2. The number of aromatic hydroxyl groups is 1. The van der Waals surface area contributed by atoms with Crippen LogP contribution in [0.2, 0.25) is 0 Å². The third kappa shape index (κ3) is 6.50. The summed E-state index contributed by atoms with van der Waals surface area (Å²) in [5.74, 6) is -3.76. The third-order valence-corrected chi connectivity index (χ3v) is 7.78. The molecule has 1 aliphatic rings. The first-order valence-electron chi connectivity index (χ1n) is 14.5. The summed E-state index contributed by atoms with van der Waals surface area (Å²) in [5.41, 5.74) is 1.44. The van der Waals surface area contributed by atoms with Crippen molar-refractivity contribution in [2.45, 2.75) is 30.7 Å². The molecule has 1 saturated heterocycles. The average molecular weight is 650 g/mol. The molecule has 0 saturated carbocycles. The van der Waals surface area contributed by atoms with Crippen molar-refractivity contribution in [3.8, 4) is 22.6 Å². The predicted molar refractivity (Wildman–Crippen MR) is 164 cm³/mol. The van der Waals surface area contributed by atoms with E-state index >= 15 is 0 Å². The minimum Gasteiger partial charge on any atom is -0.508 e. The van der Waals surface area contributed by atoms with E-state index in [0.717, 1.165) is 10.9 Å². The maximum Gasteiger partial charge on any atom is 0.321 e. The quantitative estimate of drug-likeness (QED) is 0.0878. The van der Waals surface area contributed by atoms with Crippen molar-refractivity contribution >= 4 is 33.8 Å². The highest BCUT2D eigenvalue weighted by molar-refractivity contribution is 5.94. The lowest BCUT2D eigenvalue weighted by molar-refractivity contribution is -0.288. The van der Waals surface area contributed by atoms with Gasteiger partial charge in [0.25, 0.3) is 0 Å². The molecule has 15 nitrogen and oxygen atoms in total. The van der Waals surface area contributed by atoms with E-state index in [2.05, 4.69) is 10.3 Å². The molecule has 0 amide bonds. The molecule has 246 valence electrons. The normalized spacial score (nSPS) is 21.8. The molecule has 6 rings (SSSR count). The number of aliphatic carboxylic acids is 1. The summed E-state index contributed by atoms with van der Waals surface area (Å²) in [6.07, 6.45) is -1.05.